The van der Waals surface area contributed by atoms with Crippen LogP contribution in [0.1, 0.15) is 5.56 Å². The van der Waals surface area contributed by atoms with Gasteiger partial charge in [0.1, 0.15) is 12.7 Å². The maximum atomic E-state index is 12.3. The van der Waals surface area contributed by atoms with Crippen LogP contribution in [-0.4, -0.2) is 38.2 Å². The number of hydrogen-bond donors (Lipinski definition) is 1. The Kier molecular flexibility index (Phi) is 5.38. The van der Waals surface area contributed by atoms with Gasteiger partial charge in [0.05, 0.1) is 15.9 Å². The van der Waals surface area contributed by atoms with Crippen molar-refractivity contribution < 1.29 is 27.1 Å². The highest BCUT2D eigenvalue weighted by molar-refractivity contribution is 7.86. The number of hydrogen-bond acceptors (Lipinski definition) is 7. The topological polar surface area (TPSA) is 125 Å². The van der Waals surface area contributed by atoms with Crippen LogP contribution >= 0.6 is 0 Å². The Morgan fingerprint density at radius 3 is 2.41 bits per heavy atom. The Morgan fingerprint density at radius 1 is 1.11 bits per heavy atom. The largest absolute Gasteiger partial charge is 0.442 e. The molecule has 1 aliphatic rings. The molecule has 2 aromatic carbocycles. The number of non-ortho nitro benzene ring substituents is 1. The first-order valence-electron chi connectivity index (χ1n) is 8.00. The molecule has 1 saturated heterocycles. The SMILES string of the molecule is O=C1N[C@@H](Cc2ccccc2)[C@@H](COS(=O)(=O)c2ccc([N+](=O)[O-])cc2)O1. The molecule has 27 heavy (non-hydrogen) atoms. The lowest BCUT2D eigenvalue weighted by atomic mass is 10.0. The zero-order valence-corrected chi connectivity index (χ0v) is 14.8. The molecular weight excluding hydrogens is 376 g/mol. The smallest absolute Gasteiger partial charge is 0.407 e. The molecule has 1 amide bonds. The quantitative estimate of drug-likeness (QED) is 0.434. The molecular formula is C17H16N2O7S. The monoisotopic (exact) mass is 392 g/mol. The van der Waals surface area contributed by atoms with E-state index < -0.39 is 33.3 Å². The molecule has 0 saturated carbocycles. The predicted molar refractivity (Wildman–Crippen MR) is 93.6 cm³/mol. The van der Waals surface area contributed by atoms with E-state index in [0.717, 1.165) is 29.8 Å². The number of alkyl carbamates (subject to hydrolysis) is 1. The van der Waals surface area contributed by atoms with Gasteiger partial charge in [-0.3, -0.25) is 14.3 Å². The van der Waals surface area contributed by atoms with Gasteiger partial charge in [0, 0.05) is 12.1 Å². The zero-order valence-electron chi connectivity index (χ0n) is 14.0. The Balaban J connectivity index is 1.66. The Morgan fingerprint density at radius 2 is 1.78 bits per heavy atom. The second-order valence-corrected chi connectivity index (χ2v) is 7.49. The van der Waals surface area contributed by atoms with Gasteiger partial charge in [-0.2, -0.15) is 8.42 Å². The van der Waals surface area contributed by atoms with E-state index in [2.05, 4.69) is 5.32 Å². The van der Waals surface area contributed by atoms with Crippen molar-refractivity contribution in [1.82, 2.24) is 5.32 Å². The number of ether oxygens (including phenoxy) is 1. The molecule has 0 spiro atoms. The average Bonchev–Trinajstić information content (AvgIpc) is 3.00. The van der Waals surface area contributed by atoms with Crippen molar-refractivity contribution in [3.63, 3.8) is 0 Å². The van der Waals surface area contributed by atoms with E-state index >= 15 is 0 Å². The summed E-state index contributed by atoms with van der Waals surface area (Å²) in [5, 5.41) is 13.3. The highest BCUT2D eigenvalue weighted by atomic mass is 32.2. The van der Waals surface area contributed by atoms with Gasteiger partial charge in [0.15, 0.2) is 0 Å². The van der Waals surface area contributed by atoms with Crippen LogP contribution in [0.5, 0.6) is 0 Å². The normalized spacial score (nSPS) is 19.3. The fraction of sp³-hybridized carbons (Fsp3) is 0.235. The highest BCUT2D eigenvalue weighted by Crippen LogP contribution is 2.20. The van der Waals surface area contributed by atoms with E-state index in [0.29, 0.717) is 6.42 Å². The van der Waals surface area contributed by atoms with E-state index in [1.807, 2.05) is 30.3 Å². The summed E-state index contributed by atoms with van der Waals surface area (Å²) in [6.07, 6.45) is -0.971. The van der Waals surface area contributed by atoms with Gasteiger partial charge >= 0.3 is 6.09 Å². The minimum Gasteiger partial charge on any atom is -0.442 e. The number of cyclic esters (lactones) is 1. The molecule has 0 aromatic heterocycles. The van der Waals surface area contributed by atoms with Crippen molar-refractivity contribution in [1.29, 1.82) is 0 Å². The third-order valence-electron chi connectivity index (χ3n) is 4.03. The van der Waals surface area contributed by atoms with Crippen LogP contribution in [0, 0.1) is 10.1 Å². The molecule has 1 fully saturated rings. The molecule has 0 radical (unpaired) electrons. The first-order chi connectivity index (χ1) is 12.8. The summed E-state index contributed by atoms with van der Waals surface area (Å²) in [5.74, 6) is 0. The number of nitro groups is 1. The number of amides is 1. The molecule has 142 valence electrons. The zero-order chi connectivity index (χ0) is 19.4. The van der Waals surface area contributed by atoms with Crippen LogP contribution in [0.3, 0.4) is 0 Å². The number of benzene rings is 2. The van der Waals surface area contributed by atoms with Gasteiger partial charge in [-0.05, 0) is 24.1 Å². The Hall–Kier alpha value is -2.98. The predicted octanol–water partition coefficient (Wildman–Crippen LogP) is 2.02. The maximum absolute atomic E-state index is 12.3. The van der Waals surface area contributed by atoms with E-state index in [4.69, 9.17) is 8.92 Å². The Bertz CT molecular complexity index is 930. The lowest BCUT2D eigenvalue weighted by Crippen LogP contribution is -2.36. The minimum atomic E-state index is -4.15. The third kappa shape index (κ3) is 4.60. The molecule has 2 atom stereocenters. The minimum absolute atomic E-state index is 0.218. The Labute approximate surface area is 155 Å². The van der Waals surface area contributed by atoms with Crippen molar-refractivity contribution >= 4 is 21.9 Å². The van der Waals surface area contributed by atoms with Crippen molar-refractivity contribution in [3.05, 3.63) is 70.3 Å². The van der Waals surface area contributed by atoms with Gasteiger partial charge in [0.25, 0.3) is 15.8 Å². The van der Waals surface area contributed by atoms with E-state index in [9.17, 15) is 23.3 Å². The summed E-state index contributed by atoms with van der Waals surface area (Å²) >= 11 is 0. The summed E-state index contributed by atoms with van der Waals surface area (Å²) in [7, 11) is -4.15. The molecule has 0 unspecified atom stereocenters. The molecule has 1 heterocycles. The van der Waals surface area contributed by atoms with Crippen molar-refractivity contribution in [3.8, 4) is 0 Å². The maximum Gasteiger partial charge on any atom is 0.407 e. The van der Waals surface area contributed by atoms with Gasteiger partial charge in [-0.25, -0.2) is 4.79 Å². The fourth-order valence-corrected chi connectivity index (χ4v) is 3.58. The summed E-state index contributed by atoms with van der Waals surface area (Å²) in [5.41, 5.74) is 0.724. The molecule has 2 aromatic rings. The van der Waals surface area contributed by atoms with Gasteiger partial charge < -0.3 is 10.1 Å². The third-order valence-corrected chi connectivity index (χ3v) is 5.33. The second kappa shape index (κ2) is 7.72. The number of nitrogens with zero attached hydrogens (tertiary/aromatic N) is 1. The van der Waals surface area contributed by atoms with Crippen molar-refractivity contribution in [2.75, 3.05) is 6.61 Å². The van der Waals surface area contributed by atoms with Gasteiger partial charge in [-0.15, -0.1) is 0 Å². The molecule has 10 heteroatoms. The number of carbonyl (C=O) groups is 1. The van der Waals surface area contributed by atoms with Gasteiger partial charge in [-0.1, -0.05) is 30.3 Å². The molecule has 1 aliphatic heterocycles. The molecule has 3 rings (SSSR count). The van der Waals surface area contributed by atoms with E-state index in [1.165, 1.54) is 0 Å². The highest BCUT2D eigenvalue weighted by Gasteiger charge is 2.35. The first kappa shape index (κ1) is 18.8. The van der Waals surface area contributed by atoms with E-state index in [-0.39, 0.29) is 17.2 Å². The van der Waals surface area contributed by atoms with Crippen LogP contribution in [0.15, 0.2) is 59.5 Å². The molecule has 9 nitrogen and oxygen atoms in total. The molecule has 0 bridgehead atoms. The number of carbonyl (C=O) groups excluding carboxylic acids is 1. The summed E-state index contributed by atoms with van der Waals surface area (Å²) in [6.45, 7) is -0.366. The van der Waals surface area contributed by atoms with Crippen LogP contribution in [-0.2, 0) is 25.5 Å². The van der Waals surface area contributed by atoms with Crippen LogP contribution < -0.4 is 5.32 Å². The lowest BCUT2D eigenvalue weighted by Gasteiger charge is -2.17. The van der Waals surface area contributed by atoms with Crippen LogP contribution in [0.25, 0.3) is 0 Å². The fourth-order valence-electron chi connectivity index (χ4n) is 2.66. The number of nitrogens with one attached hydrogen (secondary N) is 1. The summed E-state index contributed by atoms with van der Waals surface area (Å²) in [6, 6.07) is 13.2. The first-order valence-corrected chi connectivity index (χ1v) is 9.41. The molecule has 0 aliphatic carbocycles. The van der Waals surface area contributed by atoms with E-state index in [1.54, 1.807) is 0 Å². The lowest BCUT2D eigenvalue weighted by molar-refractivity contribution is -0.384. The van der Waals surface area contributed by atoms with Crippen LogP contribution in [0.2, 0.25) is 0 Å². The second-order valence-electron chi connectivity index (χ2n) is 5.87. The van der Waals surface area contributed by atoms with Crippen LogP contribution in [0.4, 0.5) is 10.5 Å². The standard InChI is InChI=1S/C17H16N2O7S/c20-17-18-15(10-12-4-2-1-3-5-12)16(26-17)11-25-27(23,24)14-8-6-13(7-9-14)19(21)22/h1-9,15-16H,10-11H2,(H,18,20)/t15-,16+/m0/s1. The van der Waals surface area contributed by atoms with Crippen molar-refractivity contribution in [2.45, 2.75) is 23.5 Å². The number of rotatable bonds is 7. The van der Waals surface area contributed by atoms with Gasteiger partial charge in [0.2, 0.25) is 0 Å². The summed E-state index contributed by atoms with van der Waals surface area (Å²) < 4.78 is 34.6. The van der Waals surface area contributed by atoms with Crippen molar-refractivity contribution in [2.24, 2.45) is 0 Å². The average molecular weight is 392 g/mol. The number of nitro benzene ring substituents is 1. The summed E-state index contributed by atoms with van der Waals surface area (Å²) in [4.78, 5) is 21.3. The molecule has 1 N–H and O–H groups in total.